The lowest BCUT2D eigenvalue weighted by molar-refractivity contribution is -0.142. The van der Waals surface area contributed by atoms with Crippen LogP contribution in [0.15, 0.2) is 0 Å². The maximum atomic E-state index is 12.4. The van der Waals surface area contributed by atoms with E-state index in [-0.39, 0.29) is 114 Å². The smallest absolute Gasteiger partial charge is 0.308 e. The van der Waals surface area contributed by atoms with Gasteiger partial charge in [-0.2, -0.15) is 0 Å². The maximum absolute atomic E-state index is 12.4. The minimum Gasteiger partial charge on any atom is -0.481 e. The van der Waals surface area contributed by atoms with Gasteiger partial charge in [-0.1, -0.05) is 69.2 Å². The van der Waals surface area contributed by atoms with Crippen molar-refractivity contribution >= 4 is 41.4 Å². The molecule has 0 aliphatic heterocycles. The second kappa shape index (κ2) is 30.2. The van der Waals surface area contributed by atoms with Gasteiger partial charge >= 0.3 is 5.97 Å². The van der Waals surface area contributed by atoms with Gasteiger partial charge in [0, 0.05) is 86.6 Å². The van der Waals surface area contributed by atoms with Crippen LogP contribution in [0, 0.1) is 27.6 Å². The number of hydrogen-bond donors (Lipinski definition) is 7. The fourth-order valence-electron chi connectivity index (χ4n) is 4.90. The Morgan fingerprint density at radius 1 is 0.475 bits per heavy atom. The molecule has 0 aromatic rings. The molecule has 18 nitrogen and oxygen atoms in total. The molecule has 0 radical (unpaired) electrons. The number of carbonyl (C=O) groups excluding carboxylic acids is 6. The fraction of sp³-hybridized carbons (Fsp3) is 0.837. The van der Waals surface area contributed by atoms with Gasteiger partial charge in [0.25, 0.3) is 0 Å². The van der Waals surface area contributed by atoms with Crippen LogP contribution in [0.25, 0.3) is 0 Å². The van der Waals surface area contributed by atoms with Crippen molar-refractivity contribution in [3.05, 3.63) is 0 Å². The first-order valence-electron chi connectivity index (χ1n) is 21.6. The molecule has 1 atom stereocenters. The van der Waals surface area contributed by atoms with Gasteiger partial charge in [-0.05, 0) is 19.3 Å². The number of hydrogen-bond acceptors (Lipinski definition) is 11. The zero-order valence-corrected chi connectivity index (χ0v) is 38.9. The van der Waals surface area contributed by atoms with E-state index in [1.807, 2.05) is 69.2 Å². The fourth-order valence-corrected chi connectivity index (χ4v) is 4.90. The zero-order valence-electron chi connectivity index (χ0n) is 38.9. The largest absolute Gasteiger partial charge is 0.481 e. The van der Waals surface area contributed by atoms with Gasteiger partial charge < -0.3 is 56.0 Å². The second-order valence-electron chi connectivity index (χ2n) is 18.2. The Balaban J connectivity index is 4.12. The van der Waals surface area contributed by atoms with Crippen molar-refractivity contribution in [3.8, 4) is 0 Å². The Morgan fingerprint density at radius 3 is 1.21 bits per heavy atom. The van der Waals surface area contributed by atoms with Crippen molar-refractivity contribution < 1.29 is 57.6 Å². The topological polar surface area (TPSA) is 249 Å². The molecule has 0 spiro atoms. The molecule has 0 saturated heterocycles. The van der Waals surface area contributed by atoms with Crippen LogP contribution in [0.4, 0.5) is 0 Å². The SMILES string of the molecule is CCC(C)(C)C(=O)NCCOCCC(=O)NCC(C)(C)COCCC(=O)NCCC(CNC(=O)CCOCC(C)(C)CNC(=O)CCOCCNC(=O)C(C)(C)CC)C(=O)O. The van der Waals surface area contributed by atoms with E-state index in [1.165, 1.54) is 0 Å². The van der Waals surface area contributed by atoms with Crippen molar-refractivity contribution in [3.63, 3.8) is 0 Å². The summed E-state index contributed by atoms with van der Waals surface area (Å²) in [5.74, 6) is -3.07. The molecule has 18 heteroatoms. The lowest BCUT2D eigenvalue weighted by Gasteiger charge is -2.25. The molecule has 0 saturated carbocycles. The molecule has 0 bridgehead atoms. The molecule has 6 amide bonds. The molecule has 0 rings (SSSR count). The minimum absolute atomic E-state index is 0.0263. The Morgan fingerprint density at radius 2 is 0.836 bits per heavy atom. The summed E-state index contributed by atoms with van der Waals surface area (Å²) in [5.41, 5.74) is -1.66. The summed E-state index contributed by atoms with van der Waals surface area (Å²) in [5, 5.41) is 26.3. The van der Waals surface area contributed by atoms with Crippen molar-refractivity contribution in [2.45, 2.75) is 114 Å². The predicted molar refractivity (Wildman–Crippen MR) is 231 cm³/mol. The van der Waals surface area contributed by atoms with E-state index < -0.39 is 33.5 Å². The highest BCUT2D eigenvalue weighted by atomic mass is 16.5. The Hall–Kier alpha value is -3.87. The van der Waals surface area contributed by atoms with E-state index in [9.17, 15) is 38.7 Å². The molecule has 7 N–H and O–H groups in total. The monoisotopic (exact) mass is 873 g/mol. The average molecular weight is 873 g/mol. The maximum Gasteiger partial charge on any atom is 0.308 e. The lowest BCUT2D eigenvalue weighted by Crippen LogP contribution is -2.38. The third-order valence-corrected chi connectivity index (χ3v) is 10.2. The first-order chi connectivity index (χ1) is 28.5. The Bertz CT molecular complexity index is 1350. The number of aliphatic carboxylic acids is 1. The number of rotatable bonds is 36. The molecule has 1 unspecified atom stereocenters. The molecule has 0 aliphatic carbocycles. The minimum atomic E-state index is -1.09. The Kier molecular flexibility index (Phi) is 28.3. The van der Waals surface area contributed by atoms with E-state index >= 15 is 0 Å². The summed E-state index contributed by atoms with van der Waals surface area (Å²) in [6.45, 7) is 22.5. The van der Waals surface area contributed by atoms with Crippen LogP contribution in [-0.4, -0.2) is 139 Å². The molecule has 354 valence electrons. The highest BCUT2D eigenvalue weighted by molar-refractivity contribution is 5.82. The number of amides is 6. The number of ether oxygens (including phenoxy) is 4. The van der Waals surface area contributed by atoms with E-state index in [4.69, 9.17) is 18.9 Å². The van der Waals surface area contributed by atoms with Crippen LogP contribution >= 0.6 is 0 Å². The van der Waals surface area contributed by atoms with E-state index in [0.717, 1.165) is 12.8 Å². The van der Waals surface area contributed by atoms with Crippen molar-refractivity contribution in [2.24, 2.45) is 27.6 Å². The molecule has 0 aromatic heterocycles. The first-order valence-corrected chi connectivity index (χ1v) is 21.6. The van der Waals surface area contributed by atoms with Crippen molar-refractivity contribution in [2.75, 3.05) is 92.1 Å². The average Bonchev–Trinajstić information content (AvgIpc) is 3.20. The Labute approximate surface area is 364 Å². The van der Waals surface area contributed by atoms with Crippen LogP contribution in [-0.2, 0) is 52.5 Å². The van der Waals surface area contributed by atoms with Crippen LogP contribution < -0.4 is 31.9 Å². The molecule has 0 heterocycles. The van der Waals surface area contributed by atoms with Crippen LogP contribution in [0.3, 0.4) is 0 Å². The molecular formula is C43H80N6O12. The summed E-state index contributed by atoms with van der Waals surface area (Å²) in [6, 6.07) is 0. The third kappa shape index (κ3) is 29.1. The van der Waals surface area contributed by atoms with Gasteiger partial charge in [0.1, 0.15) is 0 Å². The predicted octanol–water partition coefficient (Wildman–Crippen LogP) is 2.33. The highest BCUT2D eigenvalue weighted by Crippen LogP contribution is 2.20. The van der Waals surface area contributed by atoms with E-state index in [0.29, 0.717) is 46.0 Å². The van der Waals surface area contributed by atoms with Crippen LogP contribution in [0.1, 0.15) is 114 Å². The number of carboxylic acids is 1. The van der Waals surface area contributed by atoms with Crippen LogP contribution in [0.5, 0.6) is 0 Å². The molecule has 0 aliphatic rings. The second-order valence-corrected chi connectivity index (χ2v) is 18.2. The number of nitrogens with one attached hydrogen (secondary N) is 6. The van der Waals surface area contributed by atoms with Gasteiger partial charge in [-0.25, -0.2) is 0 Å². The molecule has 61 heavy (non-hydrogen) atoms. The zero-order chi connectivity index (χ0) is 46.5. The van der Waals surface area contributed by atoms with Crippen LogP contribution in [0.2, 0.25) is 0 Å². The van der Waals surface area contributed by atoms with Crippen molar-refractivity contribution in [1.82, 2.24) is 31.9 Å². The van der Waals surface area contributed by atoms with Gasteiger partial charge in [0.05, 0.1) is 58.8 Å². The lowest BCUT2D eigenvalue weighted by atomic mass is 9.89. The quantitative estimate of drug-likeness (QED) is 0.0449. The molecule has 0 aromatic carbocycles. The van der Waals surface area contributed by atoms with E-state index in [1.54, 1.807) is 0 Å². The normalized spacial score (nSPS) is 12.6. The summed E-state index contributed by atoms with van der Waals surface area (Å²) in [7, 11) is 0. The van der Waals surface area contributed by atoms with Crippen molar-refractivity contribution in [1.29, 1.82) is 0 Å². The summed E-state index contributed by atoms with van der Waals surface area (Å²) in [6.07, 6.45) is 2.04. The third-order valence-electron chi connectivity index (χ3n) is 10.2. The summed E-state index contributed by atoms with van der Waals surface area (Å²) in [4.78, 5) is 85.1. The summed E-state index contributed by atoms with van der Waals surface area (Å²) < 4.78 is 22.3. The molecular weight excluding hydrogens is 793 g/mol. The van der Waals surface area contributed by atoms with E-state index in [2.05, 4.69) is 31.9 Å². The van der Waals surface area contributed by atoms with Gasteiger partial charge in [-0.15, -0.1) is 0 Å². The number of carbonyl (C=O) groups is 7. The standard InChI is InChI=1S/C43H80N6O12/c1-11-42(7,8)38(56)45-19-25-58-21-14-35(52)48-28-40(3,4)30-60-23-16-33(50)44-18-13-32(37(54)55)27-47-34(51)17-24-61-31-41(5,6)29-49-36(53)15-22-59-26-20-46-39(57)43(9,10)12-2/h32H,11-31H2,1-10H3,(H,44,50)(H,45,56)(H,46,57)(H,47,51)(H,48,52)(H,49,53)(H,54,55). The van der Waals surface area contributed by atoms with Gasteiger partial charge in [0.15, 0.2) is 0 Å². The van der Waals surface area contributed by atoms with Gasteiger partial charge in [0.2, 0.25) is 35.4 Å². The number of carboxylic acid groups (broad SMARTS) is 1. The first kappa shape index (κ1) is 57.1. The highest BCUT2D eigenvalue weighted by Gasteiger charge is 2.26. The molecule has 0 fully saturated rings. The summed E-state index contributed by atoms with van der Waals surface area (Å²) >= 11 is 0. The van der Waals surface area contributed by atoms with Gasteiger partial charge in [-0.3, -0.25) is 33.6 Å².